The van der Waals surface area contributed by atoms with Crippen LogP contribution in [0.5, 0.6) is 0 Å². The van der Waals surface area contributed by atoms with Crippen molar-refractivity contribution in [3.8, 4) is 0 Å². The van der Waals surface area contributed by atoms with Crippen molar-refractivity contribution in [2.45, 2.75) is 32.0 Å². The van der Waals surface area contributed by atoms with Gasteiger partial charge in [-0.3, -0.25) is 4.98 Å². The summed E-state index contributed by atoms with van der Waals surface area (Å²) < 4.78 is 36.8. The van der Waals surface area contributed by atoms with E-state index in [0.717, 1.165) is 12.3 Å². The lowest BCUT2D eigenvalue weighted by Crippen LogP contribution is -2.34. The molecule has 18 heavy (non-hydrogen) atoms. The zero-order chi connectivity index (χ0) is 13.8. The number of pyridine rings is 1. The summed E-state index contributed by atoms with van der Waals surface area (Å²) in [6, 6.07) is 1.87. The van der Waals surface area contributed by atoms with Crippen LogP contribution < -0.4 is 5.32 Å². The van der Waals surface area contributed by atoms with Crippen LogP contribution in [0.25, 0.3) is 0 Å². The summed E-state index contributed by atoms with van der Waals surface area (Å²) in [4.78, 5) is 13.8. The zero-order valence-corrected chi connectivity index (χ0v) is 9.66. The first-order valence-corrected chi connectivity index (χ1v) is 5.34. The molecule has 0 fully saturated rings. The molecule has 0 aliphatic heterocycles. The number of hydrogen-bond acceptors (Lipinski definition) is 2. The lowest BCUT2D eigenvalue weighted by molar-refractivity contribution is -0.141. The summed E-state index contributed by atoms with van der Waals surface area (Å²) in [7, 11) is 0. The molecule has 0 aliphatic carbocycles. The average Bonchev–Trinajstić information content (AvgIpc) is 2.27. The fourth-order valence-corrected chi connectivity index (χ4v) is 1.47. The number of rotatable bonds is 4. The number of aromatic nitrogens is 1. The third-order valence-corrected chi connectivity index (χ3v) is 2.42. The predicted molar refractivity (Wildman–Crippen MR) is 58.2 cm³/mol. The van der Waals surface area contributed by atoms with Crippen LogP contribution in [0.1, 0.15) is 24.6 Å². The number of nitrogens with zero attached hydrogens (tertiary/aromatic N) is 1. The molecule has 1 unspecified atom stereocenters. The summed E-state index contributed by atoms with van der Waals surface area (Å²) >= 11 is 0. The Labute approximate surface area is 102 Å². The summed E-state index contributed by atoms with van der Waals surface area (Å²) in [6.07, 6.45) is -3.63. The van der Waals surface area contributed by atoms with Gasteiger partial charge in [-0.1, -0.05) is 13.0 Å². The van der Waals surface area contributed by atoms with Crippen molar-refractivity contribution in [2.24, 2.45) is 0 Å². The van der Waals surface area contributed by atoms with E-state index in [4.69, 9.17) is 5.11 Å². The molecule has 0 aliphatic rings. The first kappa shape index (κ1) is 14.3. The quantitative estimate of drug-likeness (QED) is 0.876. The van der Waals surface area contributed by atoms with Crippen LogP contribution in [0.3, 0.4) is 0 Å². The number of hydrogen-bond donors (Lipinski definition) is 2. The molecule has 1 amide bonds. The molecule has 1 heterocycles. The lowest BCUT2D eigenvalue weighted by Gasteiger charge is -2.14. The number of carboxylic acid groups (broad SMARTS) is 1. The van der Waals surface area contributed by atoms with Gasteiger partial charge in [-0.05, 0) is 24.5 Å². The number of halogens is 3. The van der Waals surface area contributed by atoms with E-state index < -0.39 is 18.0 Å². The Kier molecular flexibility index (Phi) is 4.52. The average molecular weight is 262 g/mol. The largest absolute Gasteiger partial charge is 0.465 e. The van der Waals surface area contributed by atoms with Crippen molar-refractivity contribution in [3.63, 3.8) is 0 Å². The fraction of sp³-hybridized carbons (Fsp3) is 0.455. The molecule has 0 aromatic carbocycles. The highest BCUT2D eigenvalue weighted by Crippen LogP contribution is 2.27. The highest BCUT2D eigenvalue weighted by molar-refractivity contribution is 5.64. The van der Waals surface area contributed by atoms with E-state index >= 15 is 0 Å². The van der Waals surface area contributed by atoms with Crippen LogP contribution in [0, 0.1) is 0 Å². The predicted octanol–water partition coefficient (Wildman–Crippen LogP) is 2.69. The summed E-state index contributed by atoms with van der Waals surface area (Å²) in [5.41, 5.74) is -0.394. The molecule has 4 nitrogen and oxygen atoms in total. The second-order valence-corrected chi connectivity index (χ2v) is 3.81. The maximum Gasteiger partial charge on any atom is 0.433 e. The molecule has 0 saturated carbocycles. The van der Waals surface area contributed by atoms with Gasteiger partial charge in [-0.15, -0.1) is 0 Å². The van der Waals surface area contributed by atoms with Crippen LogP contribution in [0.15, 0.2) is 18.3 Å². The van der Waals surface area contributed by atoms with E-state index in [-0.39, 0.29) is 6.04 Å². The number of nitrogens with one attached hydrogen (secondary N) is 1. The van der Waals surface area contributed by atoms with E-state index in [1.807, 2.05) is 0 Å². The standard InChI is InChI=1S/C11H13F3N2O2/c1-2-8(16-10(17)18)5-7-3-4-9(15-6-7)11(12,13)14/h3-4,6,8,16H,2,5H2,1H3,(H,17,18). The maximum atomic E-state index is 12.3. The highest BCUT2D eigenvalue weighted by Gasteiger charge is 2.32. The molecule has 7 heteroatoms. The fourth-order valence-electron chi connectivity index (χ4n) is 1.47. The van der Waals surface area contributed by atoms with Crippen LogP contribution in [0.2, 0.25) is 0 Å². The molecule has 1 aromatic rings. The minimum atomic E-state index is -4.46. The third kappa shape index (κ3) is 4.23. The molecule has 1 atom stereocenters. The van der Waals surface area contributed by atoms with Gasteiger partial charge in [0.2, 0.25) is 0 Å². The molecule has 0 radical (unpaired) electrons. The molecule has 0 spiro atoms. The number of alkyl halides is 3. The molecule has 1 rings (SSSR count). The molecule has 1 aromatic heterocycles. The number of carbonyl (C=O) groups is 1. The summed E-state index contributed by atoms with van der Waals surface area (Å²) in [5.74, 6) is 0. The van der Waals surface area contributed by atoms with E-state index in [9.17, 15) is 18.0 Å². The highest BCUT2D eigenvalue weighted by atomic mass is 19.4. The first-order chi connectivity index (χ1) is 8.32. The summed E-state index contributed by atoms with van der Waals surface area (Å²) in [6.45, 7) is 1.79. The van der Waals surface area contributed by atoms with Gasteiger partial charge in [-0.2, -0.15) is 13.2 Å². The molecular weight excluding hydrogens is 249 g/mol. The SMILES string of the molecule is CCC(Cc1ccc(C(F)(F)F)nc1)NC(=O)O. The minimum Gasteiger partial charge on any atom is -0.465 e. The Hall–Kier alpha value is -1.79. The van der Waals surface area contributed by atoms with Crippen LogP contribution in [-0.4, -0.2) is 22.2 Å². The molecular formula is C11H13F3N2O2. The summed E-state index contributed by atoms with van der Waals surface area (Å²) in [5, 5.41) is 10.9. The van der Waals surface area contributed by atoms with Crippen molar-refractivity contribution in [3.05, 3.63) is 29.6 Å². The van der Waals surface area contributed by atoms with E-state index in [0.29, 0.717) is 18.4 Å². The van der Waals surface area contributed by atoms with Crippen LogP contribution in [0.4, 0.5) is 18.0 Å². The van der Waals surface area contributed by atoms with E-state index in [1.54, 1.807) is 6.92 Å². The first-order valence-electron chi connectivity index (χ1n) is 5.34. The topological polar surface area (TPSA) is 62.2 Å². The van der Waals surface area contributed by atoms with Gasteiger partial charge < -0.3 is 10.4 Å². The van der Waals surface area contributed by atoms with Crippen molar-refractivity contribution in [1.82, 2.24) is 10.3 Å². The number of amides is 1. The molecule has 0 saturated heterocycles. The van der Waals surface area contributed by atoms with Crippen LogP contribution >= 0.6 is 0 Å². The Bertz CT molecular complexity index is 404. The Morgan fingerprint density at radius 1 is 1.50 bits per heavy atom. The lowest BCUT2D eigenvalue weighted by atomic mass is 10.1. The minimum absolute atomic E-state index is 0.313. The van der Waals surface area contributed by atoms with Crippen molar-refractivity contribution < 1.29 is 23.1 Å². The smallest absolute Gasteiger partial charge is 0.433 e. The normalized spacial score (nSPS) is 13.1. The van der Waals surface area contributed by atoms with Gasteiger partial charge in [-0.25, -0.2) is 4.79 Å². The van der Waals surface area contributed by atoms with Crippen molar-refractivity contribution >= 4 is 6.09 Å². The van der Waals surface area contributed by atoms with Crippen molar-refractivity contribution in [2.75, 3.05) is 0 Å². The third-order valence-electron chi connectivity index (χ3n) is 2.42. The molecule has 2 N–H and O–H groups in total. The van der Waals surface area contributed by atoms with Gasteiger partial charge in [0.1, 0.15) is 5.69 Å². The monoisotopic (exact) mass is 262 g/mol. The molecule has 0 bridgehead atoms. The Morgan fingerprint density at radius 2 is 2.17 bits per heavy atom. The Morgan fingerprint density at radius 3 is 2.56 bits per heavy atom. The molecule has 100 valence electrons. The van der Waals surface area contributed by atoms with Crippen molar-refractivity contribution in [1.29, 1.82) is 0 Å². The van der Waals surface area contributed by atoms with Gasteiger partial charge >= 0.3 is 12.3 Å². The van der Waals surface area contributed by atoms with Gasteiger partial charge in [0.15, 0.2) is 0 Å². The zero-order valence-electron chi connectivity index (χ0n) is 9.66. The Balaban J connectivity index is 2.71. The van der Waals surface area contributed by atoms with Gasteiger partial charge in [0.05, 0.1) is 0 Å². The second kappa shape index (κ2) is 5.70. The van der Waals surface area contributed by atoms with E-state index in [2.05, 4.69) is 10.3 Å². The second-order valence-electron chi connectivity index (χ2n) is 3.81. The van der Waals surface area contributed by atoms with Gasteiger partial charge in [0.25, 0.3) is 0 Å². The van der Waals surface area contributed by atoms with E-state index in [1.165, 1.54) is 6.07 Å². The maximum absolute atomic E-state index is 12.3. The van der Waals surface area contributed by atoms with Crippen LogP contribution in [-0.2, 0) is 12.6 Å². The van der Waals surface area contributed by atoms with Gasteiger partial charge in [0, 0.05) is 12.2 Å².